The van der Waals surface area contributed by atoms with E-state index in [1.54, 1.807) is 0 Å². The fourth-order valence-corrected chi connectivity index (χ4v) is 3.59. The number of ether oxygens (including phenoxy) is 2. The Hall–Kier alpha value is -3.17. The fraction of sp³-hybridized carbons (Fsp3) is 0.375. The molecule has 2 aromatic carbocycles. The van der Waals surface area contributed by atoms with Gasteiger partial charge in [-0.1, -0.05) is 30.2 Å². The van der Waals surface area contributed by atoms with E-state index in [2.05, 4.69) is 35.3 Å². The van der Waals surface area contributed by atoms with Crippen LogP contribution in [0.1, 0.15) is 19.4 Å². The first-order chi connectivity index (χ1) is 14.5. The number of carbonyl (C=O) groups excluding carboxylic acids is 1. The third-order valence-electron chi connectivity index (χ3n) is 4.86. The highest BCUT2D eigenvalue weighted by Crippen LogP contribution is 2.28. The predicted molar refractivity (Wildman–Crippen MR) is 120 cm³/mol. The van der Waals surface area contributed by atoms with Gasteiger partial charge in [0.25, 0.3) is 0 Å². The lowest BCUT2D eigenvalue weighted by Crippen LogP contribution is -2.45. The molecule has 0 spiro atoms. The van der Waals surface area contributed by atoms with Crippen LogP contribution in [0.25, 0.3) is 0 Å². The minimum Gasteiger partial charge on any atom is -0.481 e. The number of nitrogens with zero attached hydrogens (tertiary/aromatic N) is 1. The van der Waals surface area contributed by atoms with E-state index in [9.17, 15) is 4.79 Å². The standard InChI is InChI=1S/C24H29N3O3/c1-4-15-29-21-11-9-20(10-12-21)13-14-25-24(28)26-22-7-5-6-8-23(22)27-16-18(2)30-19(3)17-27/h1,5-12,18-19H,13-17H2,2-3H3,(H2,25,26,28). The lowest BCUT2D eigenvalue weighted by Gasteiger charge is -2.37. The summed E-state index contributed by atoms with van der Waals surface area (Å²) >= 11 is 0. The van der Waals surface area contributed by atoms with Crippen LogP contribution >= 0.6 is 0 Å². The second-order valence-electron chi connectivity index (χ2n) is 7.45. The van der Waals surface area contributed by atoms with Crippen LogP contribution in [0.3, 0.4) is 0 Å². The minimum atomic E-state index is -0.217. The number of anilines is 2. The second-order valence-corrected chi connectivity index (χ2v) is 7.45. The number of morpholine rings is 1. The quantitative estimate of drug-likeness (QED) is 0.688. The van der Waals surface area contributed by atoms with Crippen LogP contribution in [0, 0.1) is 12.3 Å². The Morgan fingerprint density at radius 3 is 2.57 bits per heavy atom. The van der Waals surface area contributed by atoms with E-state index in [0.717, 1.165) is 42.2 Å². The van der Waals surface area contributed by atoms with E-state index in [1.165, 1.54) is 0 Å². The van der Waals surface area contributed by atoms with Crippen LogP contribution in [0.5, 0.6) is 5.75 Å². The van der Waals surface area contributed by atoms with Crippen molar-refractivity contribution in [2.45, 2.75) is 32.5 Å². The molecule has 6 nitrogen and oxygen atoms in total. The first-order valence-corrected chi connectivity index (χ1v) is 10.2. The molecule has 1 aliphatic heterocycles. The molecule has 2 amide bonds. The highest BCUT2D eigenvalue weighted by Gasteiger charge is 2.24. The van der Waals surface area contributed by atoms with Crippen molar-refractivity contribution in [3.05, 3.63) is 54.1 Å². The molecular formula is C24H29N3O3. The van der Waals surface area contributed by atoms with Gasteiger partial charge < -0.3 is 25.0 Å². The molecule has 2 N–H and O–H groups in total. The highest BCUT2D eigenvalue weighted by atomic mass is 16.5. The number of hydrogen-bond acceptors (Lipinski definition) is 4. The molecule has 3 rings (SSSR count). The maximum absolute atomic E-state index is 12.4. The Morgan fingerprint density at radius 2 is 1.87 bits per heavy atom. The van der Waals surface area contributed by atoms with Gasteiger partial charge in [0.05, 0.1) is 23.6 Å². The van der Waals surface area contributed by atoms with Crippen LogP contribution < -0.4 is 20.3 Å². The Kier molecular flexibility index (Phi) is 7.58. The summed E-state index contributed by atoms with van der Waals surface area (Å²) in [7, 11) is 0. The summed E-state index contributed by atoms with van der Waals surface area (Å²) in [5, 5.41) is 5.91. The van der Waals surface area contributed by atoms with Crippen LogP contribution in [0.4, 0.5) is 16.2 Å². The van der Waals surface area contributed by atoms with Crippen molar-refractivity contribution in [1.29, 1.82) is 0 Å². The molecule has 2 atom stereocenters. The number of urea groups is 1. The van der Waals surface area contributed by atoms with Gasteiger partial charge in [0, 0.05) is 19.6 Å². The average molecular weight is 408 g/mol. The lowest BCUT2D eigenvalue weighted by molar-refractivity contribution is -0.00517. The summed E-state index contributed by atoms with van der Waals surface area (Å²) in [6.07, 6.45) is 6.22. The maximum Gasteiger partial charge on any atom is 0.319 e. The van der Waals surface area contributed by atoms with Gasteiger partial charge in [0.15, 0.2) is 0 Å². The molecule has 0 saturated carbocycles. The van der Waals surface area contributed by atoms with Gasteiger partial charge in [-0.25, -0.2) is 4.79 Å². The number of rotatable bonds is 7. The Bertz CT molecular complexity index is 866. The van der Waals surface area contributed by atoms with Crippen molar-refractivity contribution in [3.63, 3.8) is 0 Å². The van der Waals surface area contributed by atoms with Gasteiger partial charge >= 0.3 is 6.03 Å². The minimum absolute atomic E-state index is 0.152. The highest BCUT2D eigenvalue weighted by molar-refractivity contribution is 5.93. The number of nitrogens with one attached hydrogen (secondary N) is 2. The van der Waals surface area contributed by atoms with Crippen molar-refractivity contribution in [2.24, 2.45) is 0 Å². The number of benzene rings is 2. The second kappa shape index (κ2) is 10.6. The molecule has 1 saturated heterocycles. The molecule has 0 aliphatic carbocycles. The molecule has 30 heavy (non-hydrogen) atoms. The SMILES string of the molecule is C#CCOc1ccc(CCNC(=O)Nc2ccccc2N2CC(C)OC(C)C2)cc1. The van der Waals surface area contributed by atoms with Gasteiger partial charge in [-0.3, -0.25) is 0 Å². The van der Waals surface area contributed by atoms with Gasteiger partial charge in [0.1, 0.15) is 12.4 Å². The summed E-state index contributed by atoms with van der Waals surface area (Å²) in [5.74, 6) is 3.18. The summed E-state index contributed by atoms with van der Waals surface area (Å²) in [4.78, 5) is 14.7. The van der Waals surface area contributed by atoms with Crippen molar-refractivity contribution in [2.75, 3.05) is 36.5 Å². The molecule has 0 bridgehead atoms. The summed E-state index contributed by atoms with van der Waals surface area (Å²) in [6.45, 7) is 6.52. The average Bonchev–Trinajstić information content (AvgIpc) is 2.73. The normalized spacial score (nSPS) is 18.4. The Balaban J connectivity index is 1.51. The number of para-hydroxylation sites is 2. The monoisotopic (exact) mass is 407 g/mol. The zero-order valence-corrected chi connectivity index (χ0v) is 17.6. The van der Waals surface area contributed by atoms with Crippen LogP contribution in [-0.2, 0) is 11.2 Å². The van der Waals surface area contributed by atoms with Crippen molar-refractivity contribution in [1.82, 2.24) is 5.32 Å². The fourth-order valence-electron chi connectivity index (χ4n) is 3.59. The molecule has 1 aliphatic rings. The molecule has 1 heterocycles. The van der Waals surface area contributed by atoms with E-state index < -0.39 is 0 Å². The maximum atomic E-state index is 12.4. The van der Waals surface area contributed by atoms with Crippen molar-refractivity contribution >= 4 is 17.4 Å². The molecule has 2 aromatic rings. The molecular weight excluding hydrogens is 378 g/mol. The van der Waals surface area contributed by atoms with Crippen molar-refractivity contribution in [3.8, 4) is 18.1 Å². The zero-order valence-electron chi connectivity index (χ0n) is 17.6. The van der Waals surface area contributed by atoms with E-state index in [-0.39, 0.29) is 24.8 Å². The summed E-state index contributed by atoms with van der Waals surface area (Å²) in [6, 6.07) is 15.4. The largest absolute Gasteiger partial charge is 0.481 e. The van der Waals surface area contributed by atoms with Gasteiger partial charge in [0.2, 0.25) is 0 Å². The van der Waals surface area contributed by atoms with E-state index in [0.29, 0.717) is 6.54 Å². The third-order valence-corrected chi connectivity index (χ3v) is 4.86. The number of hydrogen-bond donors (Lipinski definition) is 2. The molecule has 0 aromatic heterocycles. The third kappa shape index (κ3) is 6.16. The molecule has 158 valence electrons. The van der Waals surface area contributed by atoms with E-state index in [1.807, 2.05) is 48.5 Å². The molecule has 6 heteroatoms. The zero-order chi connectivity index (χ0) is 21.3. The molecule has 2 unspecified atom stereocenters. The van der Waals surface area contributed by atoms with Gasteiger partial charge in [-0.2, -0.15) is 0 Å². The smallest absolute Gasteiger partial charge is 0.319 e. The molecule has 0 radical (unpaired) electrons. The van der Waals surface area contributed by atoms with Crippen molar-refractivity contribution < 1.29 is 14.3 Å². The Labute approximate surface area is 178 Å². The number of carbonyl (C=O) groups is 1. The van der Waals surface area contributed by atoms with E-state index in [4.69, 9.17) is 15.9 Å². The van der Waals surface area contributed by atoms with Crippen LogP contribution in [-0.4, -0.2) is 44.5 Å². The topological polar surface area (TPSA) is 62.8 Å². The van der Waals surface area contributed by atoms with Gasteiger partial charge in [-0.15, -0.1) is 6.42 Å². The lowest BCUT2D eigenvalue weighted by atomic mass is 10.1. The van der Waals surface area contributed by atoms with Gasteiger partial charge in [-0.05, 0) is 50.1 Å². The first kappa shape index (κ1) is 21.5. The number of amides is 2. The summed E-state index contributed by atoms with van der Waals surface area (Å²) in [5.41, 5.74) is 2.92. The van der Waals surface area contributed by atoms with E-state index >= 15 is 0 Å². The first-order valence-electron chi connectivity index (χ1n) is 10.2. The summed E-state index contributed by atoms with van der Waals surface area (Å²) < 4.78 is 11.2. The van der Waals surface area contributed by atoms with Crippen LogP contribution in [0.15, 0.2) is 48.5 Å². The predicted octanol–water partition coefficient (Wildman–Crippen LogP) is 3.68. The Morgan fingerprint density at radius 1 is 1.17 bits per heavy atom. The number of terminal acetylenes is 1. The van der Waals surface area contributed by atoms with Crippen LogP contribution in [0.2, 0.25) is 0 Å². The molecule has 1 fully saturated rings.